The number of halogens is 1. The molecule has 28 heavy (non-hydrogen) atoms. The molecule has 0 aromatic heterocycles. The third kappa shape index (κ3) is 4.16. The molecule has 6 heteroatoms. The number of amides is 2. The van der Waals surface area contributed by atoms with Crippen molar-refractivity contribution in [1.29, 1.82) is 0 Å². The van der Waals surface area contributed by atoms with Gasteiger partial charge in [0.1, 0.15) is 5.82 Å². The number of piperazine rings is 1. The van der Waals surface area contributed by atoms with Gasteiger partial charge in [0, 0.05) is 38.4 Å². The van der Waals surface area contributed by atoms with Crippen LogP contribution in [0.2, 0.25) is 0 Å². The zero-order chi connectivity index (χ0) is 19.5. The number of carbonyl (C=O) groups excluding carboxylic acids is 2. The van der Waals surface area contributed by atoms with Crippen LogP contribution in [0.4, 0.5) is 10.1 Å². The van der Waals surface area contributed by atoms with Crippen molar-refractivity contribution >= 4 is 17.5 Å². The topological polar surface area (TPSA) is 52.7 Å². The standard InChI is InChI=1S/C22H24FN3O2/c23-17-8-6-16(7-9-17)15-24-21(27)19-14-20(19)22(28)26-12-10-25(11-13-26)18-4-2-1-3-5-18/h1-9,19-20H,10-15H2,(H,24,27). The number of hydrogen-bond acceptors (Lipinski definition) is 3. The molecule has 0 bridgehead atoms. The van der Waals surface area contributed by atoms with E-state index in [0.29, 0.717) is 26.1 Å². The molecule has 5 nitrogen and oxygen atoms in total. The van der Waals surface area contributed by atoms with Crippen LogP contribution >= 0.6 is 0 Å². The molecular formula is C22H24FN3O2. The predicted octanol–water partition coefficient (Wildman–Crippen LogP) is 2.43. The fraction of sp³-hybridized carbons (Fsp3) is 0.364. The van der Waals surface area contributed by atoms with E-state index in [1.807, 2.05) is 23.1 Å². The normalized spacial score (nSPS) is 21.3. The number of rotatable bonds is 5. The first-order valence-corrected chi connectivity index (χ1v) is 9.73. The van der Waals surface area contributed by atoms with Crippen LogP contribution in [0, 0.1) is 17.7 Å². The summed E-state index contributed by atoms with van der Waals surface area (Å²) in [5.74, 6) is -0.730. The Bertz CT molecular complexity index is 833. The molecule has 2 aromatic carbocycles. The first-order chi connectivity index (χ1) is 13.6. The molecule has 2 amide bonds. The largest absolute Gasteiger partial charge is 0.368 e. The maximum atomic E-state index is 12.9. The Morgan fingerprint density at radius 1 is 0.929 bits per heavy atom. The molecule has 1 heterocycles. The average molecular weight is 381 g/mol. The summed E-state index contributed by atoms with van der Waals surface area (Å²) in [6, 6.07) is 16.3. The number of para-hydroxylation sites is 1. The second kappa shape index (κ2) is 8.00. The van der Waals surface area contributed by atoms with Crippen molar-refractivity contribution in [3.63, 3.8) is 0 Å². The van der Waals surface area contributed by atoms with Gasteiger partial charge in [-0.05, 0) is 36.2 Å². The lowest BCUT2D eigenvalue weighted by atomic mass is 10.2. The fourth-order valence-corrected chi connectivity index (χ4v) is 3.74. The van der Waals surface area contributed by atoms with Gasteiger partial charge in [0.25, 0.3) is 0 Å². The van der Waals surface area contributed by atoms with Crippen LogP contribution in [0.1, 0.15) is 12.0 Å². The van der Waals surface area contributed by atoms with E-state index < -0.39 is 0 Å². The van der Waals surface area contributed by atoms with Gasteiger partial charge in [-0.3, -0.25) is 9.59 Å². The highest BCUT2D eigenvalue weighted by molar-refractivity contribution is 5.92. The van der Waals surface area contributed by atoms with E-state index in [2.05, 4.69) is 22.3 Å². The van der Waals surface area contributed by atoms with Gasteiger partial charge >= 0.3 is 0 Å². The molecule has 146 valence electrons. The number of benzene rings is 2. The summed E-state index contributed by atoms with van der Waals surface area (Å²) in [7, 11) is 0. The molecule has 1 aliphatic heterocycles. The zero-order valence-corrected chi connectivity index (χ0v) is 15.7. The highest BCUT2D eigenvalue weighted by atomic mass is 19.1. The first-order valence-electron chi connectivity index (χ1n) is 9.73. The van der Waals surface area contributed by atoms with Gasteiger partial charge in [0.15, 0.2) is 0 Å². The van der Waals surface area contributed by atoms with Crippen molar-refractivity contribution in [2.24, 2.45) is 11.8 Å². The molecule has 0 radical (unpaired) electrons. The van der Waals surface area contributed by atoms with Crippen LogP contribution in [0.3, 0.4) is 0 Å². The number of nitrogens with one attached hydrogen (secondary N) is 1. The molecule has 1 saturated heterocycles. The lowest BCUT2D eigenvalue weighted by Crippen LogP contribution is -2.49. The van der Waals surface area contributed by atoms with Gasteiger partial charge in [0.2, 0.25) is 11.8 Å². The monoisotopic (exact) mass is 381 g/mol. The van der Waals surface area contributed by atoms with Gasteiger partial charge in [-0.2, -0.15) is 0 Å². The molecule has 1 saturated carbocycles. The second-order valence-corrected chi connectivity index (χ2v) is 7.44. The Morgan fingerprint density at radius 3 is 2.29 bits per heavy atom. The molecule has 0 spiro atoms. The molecule has 2 aromatic rings. The van der Waals surface area contributed by atoms with Crippen molar-refractivity contribution in [1.82, 2.24) is 10.2 Å². The summed E-state index contributed by atoms with van der Waals surface area (Å²) < 4.78 is 12.9. The molecular weight excluding hydrogens is 357 g/mol. The maximum absolute atomic E-state index is 12.9. The van der Waals surface area contributed by atoms with Gasteiger partial charge < -0.3 is 15.1 Å². The summed E-state index contributed by atoms with van der Waals surface area (Å²) >= 11 is 0. The Morgan fingerprint density at radius 2 is 1.61 bits per heavy atom. The van der Waals surface area contributed by atoms with Crippen LogP contribution in [0.25, 0.3) is 0 Å². The molecule has 2 fully saturated rings. The Labute approximate surface area is 164 Å². The predicted molar refractivity (Wildman–Crippen MR) is 105 cm³/mol. The minimum Gasteiger partial charge on any atom is -0.368 e. The van der Waals surface area contributed by atoms with Crippen molar-refractivity contribution in [2.45, 2.75) is 13.0 Å². The van der Waals surface area contributed by atoms with Crippen molar-refractivity contribution in [3.05, 3.63) is 66.0 Å². The van der Waals surface area contributed by atoms with E-state index in [0.717, 1.165) is 18.7 Å². The minimum absolute atomic E-state index is 0.0920. The van der Waals surface area contributed by atoms with E-state index >= 15 is 0 Å². The molecule has 2 atom stereocenters. The van der Waals surface area contributed by atoms with Crippen LogP contribution in [0.15, 0.2) is 54.6 Å². The lowest BCUT2D eigenvalue weighted by molar-refractivity contribution is -0.135. The summed E-state index contributed by atoms with van der Waals surface area (Å²) in [5.41, 5.74) is 2.02. The smallest absolute Gasteiger partial charge is 0.226 e. The average Bonchev–Trinajstić information content (AvgIpc) is 3.54. The molecule has 2 unspecified atom stereocenters. The summed E-state index contributed by atoms with van der Waals surface area (Å²) in [5, 5.41) is 2.86. The van der Waals surface area contributed by atoms with Crippen LogP contribution < -0.4 is 10.2 Å². The number of hydrogen-bond donors (Lipinski definition) is 1. The highest BCUT2D eigenvalue weighted by Gasteiger charge is 2.49. The number of anilines is 1. The molecule has 1 N–H and O–H groups in total. The summed E-state index contributed by atoms with van der Waals surface area (Å²) in [6.07, 6.45) is 0.618. The SMILES string of the molecule is O=C(NCc1ccc(F)cc1)C1CC1C(=O)N1CCN(c2ccccc2)CC1. The Balaban J connectivity index is 1.23. The number of nitrogens with zero attached hydrogens (tertiary/aromatic N) is 2. The summed E-state index contributed by atoms with van der Waals surface area (Å²) in [4.78, 5) is 29.2. The minimum atomic E-state index is -0.296. The maximum Gasteiger partial charge on any atom is 0.226 e. The van der Waals surface area contributed by atoms with Crippen molar-refractivity contribution in [2.75, 3.05) is 31.1 Å². The molecule has 1 aliphatic carbocycles. The van der Waals surface area contributed by atoms with Crippen LogP contribution in [-0.2, 0) is 16.1 Å². The van der Waals surface area contributed by atoms with Crippen molar-refractivity contribution in [3.8, 4) is 0 Å². The van der Waals surface area contributed by atoms with Crippen molar-refractivity contribution < 1.29 is 14.0 Å². The van der Waals surface area contributed by atoms with Gasteiger partial charge in [-0.25, -0.2) is 4.39 Å². The van der Waals surface area contributed by atoms with E-state index in [4.69, 9.17) is 0 Å². The lowest BCUT2D eigenvalue weighted by Gasteiger charge is -2.36. The highest BCUT2D eigenvalue weighted by Crippen LogP contribution is 2.40. The second-order valence-electron chi connectivity index (χ2n) is 7.44. The molecule has 4 rings (SSSR count). The van der Waals surface area contributed by atoms with E-state index in [9.17, 15) is 14.0 Å². The fourth-order valence-electron chi connectivity index (χ4n) is 3.74. The Hall–Kier alpha value is -2.89. The third-order valence-electron chi connectivity index (χ3n) is 5.54. The zero-order valence-electron chi connectivity index (χ0n) is 15.7. The quantitative estimate of drug-likeness (QED) is 0.866. The molecule has 2 aliphatic rings. The van der Waals surface area contributed by atoms with Gasteiger partial charge in [-0.15, -0.1) is 0 Å². The van der Waals surface area contributed by atoms with Gasteiger partial charge in [0.05, 0.1) is 11.8 Å². The van der Waals surface area contributed by atoms with E-state index in [-0.39, 0.29) is 29.5 Å². The van der Waals surface area contributed by atoms with Crippen LogP contribution in [-0.4, -0.2) is 42.9 Å². The summed E-state index contributed by atoms with van der Waals surface area (Å²) in [6.45, 7) is 3.35. The van der Waals surface area contributed by atoms with E-state index in [1.54, 1.807) is 12.1 Å². The third-order valence-corrected chi connectivity index (χ3v) is 5.54. The van der Waals surface area contributed by atoms with Gasteiger partial charge in [-0.1, -0.05) is 30.3 Å². The Kier molecular flexibility index (Phi) is 5.28. The van der Waals surface area contributed by atoms with Crippen LogP contribution in [0.5, 0.6) is 0 Å². The van der Waals surface area contributed by atoms with E-state index in [1.165, 1.54) is 17.8 Å². The first kappa shape index (κ1) is 18.5. The number of carbonyl (C=O) groups is 2.